The van der Waals surface area contributed by atoms with Crippen molar-refractivity contribution in [1.29, 1.82) is 0 Å². The van der Waals surface area contributed by atoms with Crippen LogP contribution >= 0.6 is 0 Å². The highest BCUT2D eigenvalue weighted by Gasteiger charge is 2.37. The summed E-state index contributed by atoms with van der Waals surface area (Å²) in [7, 11) is -2.88. The Bertz CT molecular complexity index is 580. The molecule has 1 unspecified atom stereocenters. The number of pyridine rings is 1. The summed E-state index contributed by atoms with van der Waals surface area (Å²) < 4.78 is 21.9. The number of aromatic nitrogens is 1. The maximum absolute atomic E-state index is 12.5. The van der Waals surface area contributed by atoms with Crippen molar-refractivity contribution in [2.45, 2.75) is 89.7 Å². The standard InChI is InChI=1S/C20H38N2O2SSi/c1-16(22-25(23)19(2,3)4)17(18-12-10-11-14-21-18)13-15-24-26(8,9)20(5,6)7/h10-12,14,16-17,22H,13,15H2,1-9H3/t16-,17?,25-/m0/s1. The average Bonchev–Trinajstić information content (AvgIpc) is 2.50. The normalized spacial score (nSPS) is 17.0. The summed E-state index contributed by atoms with van der Waals surface area (Å²) >= 11 is 0. The smallest absolute Gasteiger partial charge is 0.191 e. The van der Waals surface area contributed by atoms with Gasteiger partial charge in [0.1, 0.15) is 0 Å². The molecule has 0 aromatic carbocycles. The predicted molar refractivity (Wildman–Crippen MR) is 115 cm³/mol. The predicted octanol–water partition coefficient (Wildman–Crippen LogP) is 5.02. The van der Waals surface area contributed by atoms with Gasteiger partial charge in [-0.25, -0.2) is 8.93 Å². The van der Waals surface area contributed by atoms with Crippen LogP contribution < -0.4 is 4.72 Å². The molecule has 1 rings (SSSR count). The average molecular weight is 399 g/mol. The summed E-state index contributed by atoms with van der Waals surface area (Å²) in [4.78, 5) is 4.55. The van der Waals surface area contributed by atoms with Gasteiger partial charge >= 0.3 is 0 Å². The molecule has 6 heteroatoms. The minimum atomic E-state index is -1.77. The second kappa shape index (κ2) is 9.09. The van der Waals surface area contributed by atoms with Crippen molar-refractivity contribution in [3.63, 3.8) is 0 Å². The lowest BCUT2D eigenvalue weighted by molar-refractivity contribution is 0.263. The van der Waals surface area contributed by atoms with E-state index < -0.39 is 19.3 Å². The molecule has 0 aliphatic heterocycles. The van der Waals surface area contributed by atoms with Gasteiger partial charge in [0, 0.05) is 30.5 Å². The largest absolute Gasteiger partial charge is 0.417 e. The van der Waals surface area contributed by atoms with Crippen LogP contribution in [0.4, 0.5) is 0 Å². The van der Waals surface area contributed by atoms with Crippen LogP contribution in [-0.4, -0.2) is 34.9 Å². The quantitative estimate of drug-likeness (QED) is 0.626. The molecule has 0 radical (unpaired) electrons. The van der Waals surface area contributed by atoms with Gasteiger partial charge in [0.15, 0.2) is 8.32 Å². The summed E-state index contributed by atoms with van der Waals surface area (Å²) in [6, 6.07) is 6.04. The fourth-order valence-electron chi connectivity index (χ4n) is 2.33. The highest BCUT2D eigenvalue weighted by molar-refractivity contribution is 7.84. The lowest BCUT2D eigenvalue weighted by Crippen LogP contribution is -2.43. The molecule has 0 amide bonds. The van der Waals surface area contributed by atoms with E-state index in [1.807, 2.05) is 39.1 Å². The molecule has 26 heavy (non-hydrogen) atoms. The fourth-order valence-corrected chi connectivity index (χ4v) is 4.25. The summed E-state index contributed by atoms with van der Waals surface area (Å²) in [5, 5.41) is 0.199. The zero-order valence-corrected chi connectivity index (χ0v) is 19.9. The molecule has 3 atom stereocenters. The summed E-state index contributed by atoms with van der Waals surface area (Å²) in [5.41, 5.74) is 1.03. The van der Waals surface area contributed by atoms with Crippen molar-refractivity contribution in [3.8, 4) is 0 Å². The van der Waals surface area contributed by atoms with Crippen molar-refractivity contribution in [3.05, 3.63) is 30.1 Å². The maximum atomic E-state index is 12.5. The molecule has 1 aromatic rings. The van der Waals surface area contributed by atoms with Gasteiger partial charge < -0.3 is 4.43 Å². The first-order chi connectivity index (χ1) is 11.8. The molecule has 1 heterocycles. The van der Waals surface area contributed by atoms with E-state index in [2.05, 4.69) is 56.6 Å². The molecule has 0 aliphatic carbocycles. The van der Waals surface area contributed by atoms with Gasteiger partial charge in [0.05, 0.1) is 15.7 Å². The number of hydrogen-bond donors (Lipinski definition) is 1. The Kier molecular flexibility index (Phi) is 8.20. The Labute approximate surface area is 164 Å². The van der Waals surface area contributed by atoms with E-state index >= 15 is 0 Å². The number of nitrogens with one attached hydrogen (secondary N) is 1. The number of nitrogens with zero attached hydrogens (tertiary/aromatic N) is 1. The van der Waals surface area contributed by atoms with Crippen LogP contribution in [0.25, 0.3) is 0 Å². The van der Waals surface area contributed by atoms with Crippen LogP contribution in [0.1, 0.15) is 66.5 Å². The van der Waals surface area contributed by atoms with Crippen molar-refractivity contribution in [2.24, 2.45) is 0 Å². The molecule has 1 N–H and O–H groups in total. The van der Waals surface area contributed by atoms with Gasteiger partial charge in [0.2, 0.25) is 0 Å². The van der Waals surface area contributed by atoms with Crippen LogP contribution in [0.3, 0.4) is 0 Å². The lowest BCUT2D eigenvalue weighted by atomic mass is 9.94. The van der Waals surface area contributed by atoms with E-state index in [0.717, 1.165) is 12.1 Å². The van der Waals surface area contributed by atoms with E-state index in [0.29, 0.717) is 6.61 Å². The Morgan fingerprint density at radius 1 is 1.19 bits per heavy atom. The van der Waals surface area contributed by atoms with Crippen molar-refractivity contribution in [1.82, 2.24) is 9.71 Å². The second-order valence-electron chi connectivity index (χ2n) is 9.55. The SMILES string of the molecule is C[C@H](N[S@@](=O)C(C)(C)C)C(CCO[Si](C)(C)C(C)(C)C)c1ccccn1. The third-order valence-electron chi connectivity index (χ3n) is 5.22. The first kappa shape index (κ1) is 23.5. The van der Waals surface area contributed by atoms with Crippen LogP contribution in [0.5, 0.6) is 0 Å². The van der Waals surface area contributed by atoms with Crippen LogP contribution in [0.15, 0.2) is 24.4 Å². The van der Waals surface area contributed by atoms with Crippen molar-refractivity contribution in [2.75, 3.05) is 6.61 Å². The van der Waals surface area contributed by atoms with E-state index in [-0.39, 0.29) is 21.7 Å². The number of rotatable bonds is 8. The molecular weight excluding hydrogens is 360 g/mol. The van der Waals surface area contributed by atoms with Gasteiger partial charge in [-0.1, -0.05) is 26.8 Å². The van der Waals surface area contributed by atoms with Crippen LogP contribution in [0, 0.1) is 0 Å². The molecular formula is C20H38N2O2SSi. The monoisotopic (exact) mass is 398 g/mol. The maximum Gasteiger partial charge on any atom is 0.191 e. The topological polar surface area (TPSA) is 51.2 Å². The van der Waals surface area contributed by atoms with Gasteiger partial charge in [-0.3, -0.25) is 4.98 Å². The molecule has 0 bridgehead atoms. The zero-order valence-electron chi connectivity index (χ0n) is 18.1. The Morgan fingerprint density at radius 3 is 2.27 bits per heavy atom. The molecule has 0 saturated carbocycles. The first-order valence-electron chi connectivity index (χ1n) is 9.48. The number of hydrogen-bond acceptors (Lipinski definition) is 3. The van der Waals surface area contributed by atoms with E-state index in [4.69, 9.17) is 4.43 Å². The summed E-state index contributed by atoms with van der Waals surface area (Å²) in [6.07, 6.45) is 2.68. The van der Waals surface area contributed by atoms with E-state index in [1.54, 1.807) is 0 Å². The third kappa shape index (κ3) is 6.87. The summed E-state index contributed by atoms with van der Waals surface area (Å²) in [5.74, 6) is 0.160. The Hall–Kier alpha value is -0.563. The Morgan fingerprint density at radius 2 is 1.81 bits per heavy atom. The first-order valence-corrected chi connectivity index (χ1v) is 13.5. The highest BCUT2D eigenvalue weighted by Crippen LogP contribution is 2.37. The molecule has 150 valence electrons. The molecule has 0 aliphatic rings. The zero-order chi connectivity index (χ0) is 20.2. The van der Waals surface area contributed by atoms with Gasteiger partial charge in [-0.05, 0) is 64.4 Å². The van der Waals surface area contributed by atoms with E-state index in [9.17, 15) is 4.21 Å². The van der Waals surface area contributed by atoms with Crippen LogP contribution in [-0.2, 0) is 15.4 Å². The van der Waals surface area contributed by atoms with Crippen molar-refractivity contribution >= 4 is 19.3 Å². The molecule has 0 spiro atoms. The minimum Gasteiger partial charge on any atom is -0.417 e. The van der Waals surface area contributed by atoms with Gasteiger partial charge in [-0.15, -0.1) is 0 Å². The van der Waals surface area contributed by atoms with Gasteiger partial charge in [0.25, 0.3) is 0 Å². The summed E-state index contributed by atoms with van der Waals surface area (Å²) in [6.45, 7) is 20.1. The minimum absolute atomic E-state index is 0.0490. The highest BCUT2D eigenvalue weighted by atomic mass is 32.2. The van der Waals surface area contributed by atoms with E-state index in [1.165, 1.54) is 0 Å². The van der Waals surface area contributed by atoms with Crippen LogP contribution in [0.2, 0.25) is 18.1 Å². The Balaban J connectivity index is 2.86. The van der Waals surface area contributed by atoms with Gasteiger partial charge in [-0.2, -0.15) is 0 Å². The molecule has 0 saturated heterocycles. The molecule has 0 fully saturated rings. The fraction of sp³-hybridized carbons (Fsp3) is 0.750. The molecule has 1 aromatic heterocycles. The molecule has 4 nitrogen and oxygen atoms in total. The third-order valence-corrected chi connectivity index (χ3v) is 11.5. The van der Waals surface area contributed by atoms with Crippen molar-refractivity contribution < 1.29 is 8.63 Å². The lowest BCUT2D eigenvalue weighted by Gasteiger charge is -2.37. The second-order valence-corrected chi connectivity index (χ2v) is 16.4.